The molecule has 0 radical (unpaired) electrons. The Morgan fingerprint density at radius 3 is 2.69 bits per heavy atom. The van der Waals surface area contributed by atoms with E-state index in [0.717, 1.165) is 22.9 Å². The Kier molecular flexibility index (Phi) is 5.95. The topological polar surface area (TPSA) is 38.0 Å². The lowest BCUT2D eigenvalue weighted by Gasteiger charge is -2.16. The van der Waals surface area contributed by atoms with E-state index in [1.807, 2.05) is 6.07 Å². The van der Waals surface area contributed by atoms with E-state index in [9.17, 15) is 4.39 Å². The molecular weight excluding hydrogens is 271 g/mol. The molecule has 0 aliphatic rings. The molecule has 1 aromatic rings. The molecule has 1 unspecified atom stereocenters. The molecule has 0 aliphatic heterocycles. The van der Waals surface area contributed by atoms with Crippen LogP contribution in [0.4, 0.5) is 4.39 Å². The van der Waals surface area contributed by atoms with Crippen molar-refractivity contribution >= 4 is 15.9 Å². The van der Waals surface area contributed by atoms with Crippen LogP contribution in [0.15, 0.2) is 22.7 Å². The lowest BCUT2D eigenvalue weighted by Crippen LogP contribution is -2.28. The first-order valence-electron chi connectivity index (χ1n) is 5.59. The summed E-state index contributed by atoms with van der Waals surface area (Å²) in [5.74, 6) is 5.26. The molecule has 0 aromatic heterocycles. The zero-order valence-electron chi connectivity index (χ0n) is 9.47. The Morgan fingerprint density at radius 2 is 2.12 bits per heavy atom. The van der Waals surface area contributed by atoms with Crippen molar-refractivity contribution in [3.63, 3.8) is 0 Å². The highest BCUT2D eigenvalue weighted by Crippen LogP contribution is 2.23. The summed E-state index contributed by atoms with van der Waals surface area (Å²) in [5, 5.41) is 0. The van der Waals surface area contributed by atoms with Crippen molar-refractivity contribution in [1.82, 2.24) is 5.43 Å². The van der Waals surface area contributed by atoms with Gasteiger partial charge in [0.1, 0.15) is 5.82 Å². The van der Waals surface area contributed by atoms with Crippen molar-refractivity contribution in [2.75, 3.05) is 0 Å². The van der Waals surface area contributed by atoms with Crippen LogP contribution in [0.1, 0.15) is 44.2 Å². The number of nitrogens with one attached hydrogen (secondary N) is 1. The van der Waals surface area contributed by atoms with Crippen molar-refractivity contribution in [1.29, 1.82) is 0 Å². The van der Waals surface area contributed by atoms with Gasteiger partial charge in [-0.25, -0.2) is 4.39 Å². The van der Waals surface area contributed by atoms with E-state index in [0.29, 0.717) is 0 Å². The zero-order chi connectivity index (χ0) is 12.0. The molecule has 1 aromatic carbocycles. The first kappa shape index (κ1) is 13.6. The minimum atomic E-state index is -0.236. The Balaban J connectivity index is 2.70. The maximum Gasteiger partial charge on any atom is 0.124 e. The predicted octanol–water partition coefficient (Wildman–Crippen LogP) is 3.67. The predicted molar refractivity (Wildman–Crippen MR) is 68.3 cm³/mol. The molecule has 0 spiro atoms. The fraction of sp³-hybridized carbons (Fsp3) is 0.500. The van der Waals surface area contributed by atoms with Crippen LogP contribution in [0.5, 0.6) is 0 Å². The molecule has 90 valence electrons. The van der Waals surface area contributed by atoms with E-state index in [-0.39, 0.29) is 11.9 Å². The van der Waals surface area contributed by atoms with E-state index < -0.39 is 0 Å². The van der Waals surface area contributed by atoms with Gasteiger partial charge < -0.3 is 0 Å². The third-order valence-corrected chi connectivity index (χ3v) is 3.04. The number of nitrogens with two attached hydrogens (primary N) is 1. The fourth-order valence-electron chi connectivity index (χ4n) is 1.72. The van der Waals surface area contributed by atoms with Gasteiger partial charge in [0.05, 0.1) is 0 Å². The molecule has 1 atom stereocenters. The van der Waals surface area contributed by atoms with Crippen molar-refractivity contribution < 1.29 is 4.39 Å². The molecule has 0 bridgehead atoms. The standard InChI is InChI=1S/C12H18BrFN2/c1-2-3-4-5-12(16-15)9-6-10(13)8-11(14)7-9/h6-8,12,16H,2-5,15H2,1H3. The molecule has 4 heteroatoms. The zero-order valence-corrected chi connectivity index (χ0v) is 11.1. The second kappa shape index (κ2) is 6.99. The van der Waals surface area contributed by atoms with Crippen LogP contribution in [0.2, 0.25) is 0 Å². The van der Waals surface area contributed by atoms with Crippen LogP contribution in [0, 0.1) is 5.82 Å². The summed E-state index contributed by atoms with van der Waals surface area (Å²) in [7, 11) is 0. The minimum Gasteiger partial charge on any atom is -0.271 e. The van der Waals surface area contributed by atoms with Crippen LogP contribution in [-0.4, -0.2) is 0 Å². The summed E-state index contributed by atoms with van der Waals surface area (Å²) in [6, 6.07) is 4.91. The monoisotopic (exact) mass is 288 g/mol. The Bertz CT molecular complexity index is 311. The van der Waals surface area contributed by atoms with Gasteiger partial charge in [0.15, 0.2) is 0 Å². The van der Waals surface area contributed by atoms with Crippen molar-refractivity contribution in [3.05, 3.63) is 34.1 Å². The maximum atomic E-state index is 13.2. The molecule has 0 saturated heterocycles. The smallest absolute Gasteiger partial charge is 0.124 e. The van der Waals surface area contributed by atoms with Crippen LogP contribution in [-0.2, 0) is 0 Å². The largest absolute Gasteiger partial charge is 0.271 e. The second-order valence-corrected chi connectivity index (χ2v) is 4.83. The van der Waals surface area contributed by atoms with Gasteiger partial charge in [0, 0.05) is 10.5 Å². The van der Waals surface area contributed by atoms with Gasteiger partial charge >= 0.3 is 0 Å². The molecule has 0 aliphatic carbocycles. The highest BCUT2D eigenvalue weighted by Gasteiger charge is 2.10. The van der Waals surface area contributed by atoms with Crippen LogP contribution >= 0.6 is 15.9 Å². The van der Waals surface area contributed by atoms with Gasteiger partial charge in [0.25, 0.3) is 0 Å². The molecule has 0 fully saturated rings. The van der Waals surface area contributed by atoms with E-state index in [2.05, 4.69) is 28.3 Å². The number of hydrogen-bond acceptors (Lipinski definition) is 2. The Labute approximate surface area is 105 Å². The highest BCUT2D eigenvalue weighted by molar-refractivity contribution is 9.10. The average molecular weight is 289 g/mol. The molecule has 3 N–H and O–H groups in total. The summed E-state index contributed by atoms with van der Waals surface area (Å²) in [6.45, 7) is 2.16. The van der Waals surface area contributed by atoms with Crippen molar-refractivity contribution in [3.8, 4) is 0 Å². The normalized spacial score (nSPS) is 12.8. The van der Waals surface area contributed by atoms with Crippen molar-refractivity contribution in [2.24, 2.45) is 5.84 Å². The highest BCUT2D eigenvalue weighted by atomic mass is 79.9. The average Bonchev–Trinajstić information content (AvgIpc) is 2.23. The third-order valence-electron chi connectivity index (χ3n) is 2.58. The van der Waals surface area contributed by atoms with Crippen molar-refractivity contribution in [2.45, 2.75) is 38.6 Å². The minimum absolute atomic E-state index is 0.0264. The number of hydrogen-bond donors (Lipinski definition) is 2. The lowest BCUT2D eigenvalue weighted by atomic mass is 10.0. The molecule has 1 rings (SSSR count). The van der Waals surface area contributed by atoms with Crippen LogP contribution in [0.25, 0.3) is 0 Å². The number of unbranched alkanes of at least 4 members (excludes halogenated alkanes) is 2. The summed E-state index contributed by atoms with van der Waals surface area (Å²) in [5.41, 5.74) is 3.64. The van der Waals surface area contributed by atoms with Gasteiger partial charge in [-0.2, -0.15) is 0 Å². The molecule has 2 nitrogen and oxygen atoms in total. The molecule has 0 amide bonds. The van der Waals surface area contributed by atoms with Crippen LogP contribution in [0.3, 0.4) is 0 Å². The quantitative estimate of drug-likeness (QED) is 0.476. The summed E-state index contributed by atoms with van der Waals surface area (Å²) < 4.78 is 14.0. The fourth-order valence-corrected chi connectivity index (χ4v) is 2.20. The SMILES string of the molecule is CCCCCC(NN)c1cc(F)cc(Br)c1. The number of hydrazine groups is 1. The van der Waals surface area contributed by atoms with E-state index >= 15 is 0 Å². The first-order chi connectivity index (χ1) is 7.67. The first-order valence-corrected chi connectivity index (χ1v) is 6.38. The number of halogens is 2. The van der Waals surface area contributed by atoms with Gasteiger partial charge in [-0.05, 0) is 30.2 Å². The summed E-state index contributed by atoms with van der Waals surface area (Å²) >= 11 is 3.28. The number of benzene rings is 1. The summed E-state index contributed by atoms with van der Waals surface area (Å²) in [6.07, 6.45) is 4.37. The van der Waals surface area contributed by atoms with Gasteiger partial charge in [-0.1, -0.05) is 42.1 Å². The summed E-state index contributed by atoms with van der Waals surface area (Å²) in [4.78, 5) is 0. The van der Waals surface area contributed by atoms with E-state index in [1.165, 1.54) is 25.0 Å². The second-order valence-electron chi connectivity index (χ2n) is 3.92. The maximum absolute atomic E-state index is 13.2. The van der Waals surface area contributed by atoms with E-state index in [4.69, 9.17) is 5.84 Å². The molecular formula is C12H18BrFN2. The number of rotatable bonds is 6. The van der Waals surface area contributed by atoms with Gasteiger partial charge in [-0.15, -0.1) is 0 Å². The van der Waals surface area contributed by atoms with Crippen LogP contribution < -0.4 is 11.3 Å². The lowest BCUT2D eigenvalue weighted by molar-refractivity contribution is 0.483. The Hall–Kier alpha value is -0.450. The molecule has 0 saturated carbocycles. The van der Waals surface area contributed by atoms with Gasteiger partial charge in [-0.3, -0.25) is 11.3 Å². The Morgan fingerprint density at radius 1 is 1.38 bits per heavy atom. The molecule has 0 heterocycles. The van der Waals surface area contributed by atoms with E-state index in [1.54, 1.807) is 0 Å². The third kappa shape index (κ3) is 4.20. The van der Waals surface area contributed by atoms with Gasteiger partial charge in [0.2, 0.25) is 0 Å². The molecule has 16 heavy (non-hydrogen) atoms.